The van der Waals surface area contributed by atoms with Crippen LogP contribution in [-0.4, -0.2) is 59.9 Å². The second kappa shape index (κ2) is 7.56. The van der Waals surface area contributed by atoms with Gasteiger partial charge in [0.05, 0.1) is 19.3 Å². The fourth-order valence-electron chi connectivity index (χ4n) is 2.96. The highest BCUT2D eigenvalue weighted by Gasteiger charge is 2.37. The molecule has 0 aliphatic heterocycles. The van der Waals surface area contributed by atoms with Gasteiger partial charge < -0.3 is 15.2 Å². The van der Waals surface area contributed by atoms with Gasteiger partial charge in [0.2, 0.25) is 0 Å². The summed E-state index contributed by atoms with van der Waals surface area (Å²) in [4.78, 5) is 13.2. The lowest BCUT2D eigenvalue weighted by Crippen LogP contribution is -2.56. The van der Waals surface area contributed by atoms with Gasteiger partial charge in [-0.15, -0.1) is 0 Å². The molecule has 0 radical (unpaired) electrons. The van der Waals surface area contributed by atoms with Gasteiger partial charge in [0.15, 0.2) is 0 Å². The molecule has 0 saturated heterocycles. The van der Waals surface area contributed by atoms with Gasteiger partial charge in [0, 0.05) is 24.7 Å². The van der Waals surface area contributed by atoms with Crippen molar-refractivity contribution < 1.29 is 14.6 Å². The summed E-state index contributed by atoms with van der Waals surface area (Å²) >= 11 is 0. The summed E-state index contributed by atoms with van der Waals surface area (Å²) in [6, 6.07) is 1.31. The summed E-state index contributed by atoms with van der Waals surface area (Å²) < 4.78 is 5.61. The zero-order valence-electron chi connectivity index (χ0n) is 13.5. The maximum atomic E-state index is 11.0. The van der Waals surface area contributed by atoms with Crippen molar-refractivity contribution in [2.45, 2.75) is 70.7 Å². The molecule has 2 rings (SSSR count). The summed E-state index contributed by atoms with van der Waals surface area (Å²) in [6.07, 6.45) is 4.94. The molecule has 0 aromatic carbocycles. The summed E-state index contributed by atoms with van der Waals surface area (Å²) in [5.41, 5.74) is 0. The molecule has 21 heavy (non-hydrogen) atoms. The molecule has 1 unspecified atom stereocenters. The van der Waals surface area contributed by atoms with Crippen LogP contribution < -0.4 is 5.32 Å². The molecule has 0 heterocycles. The Hall–Kier alpha value is -0.650. The van der Waals surface area contributed by atoms with Crippen LogP contribution in [0.15, 0.2) is 0 Å². The quantitative estimate of drug-likeness (QED) is 0.643. The van der Waals surface area contributed by atoms with E-state index in [-0.39, 0.29) is 12.6 Å². The average Bonchev–Trinajstić information content (AvgIpc) is 3.13. The standard InChI is InChI=1S/C16H30N2O3/c1-11(2)21-10-12(3)17-14-6-15(7-14)18(9-16(19)20)8-13-4-5-13/h11-15,17H,4-10H2,1-3H3,(H,19,20). The maximum Gasteiger partial charge on any atom is 0.317 e. The zero-order chi connectivity index (χ0) is 15.4. The molecule has 2 N–H and O–H groups in total. The third-order valence-corrected chi connectivity index (χ3v) is 4.36. The van der Waals surface area contributed by atoms with E-state index in [9.17, 15) is 4.79 Å². The van der Waals surface area contributed by atoms with Gasteiger partial charge >= 0.3 is 5.97 Å². The largest absolute Gasteiger partial charge is 0.480 e. The van der Waals surface area contributed by atoms with E-state index in [0.29, 0.717) is 18.1 Å². The summed E-state index contributed by atoms with van der Waals surface area (Å²) in [6.45, 7) is 8.14. The number of carboxylic acids is 1. The van der Waals surface area contributed by atoms with Crippen LogP contribution in [0.1, 0.15) is 46.5 Å². The number of aliphatic carboxylic acids is 1. The Morgan fingerprint density at radius 2 is 2.00 bits per heavy atom. The van der Waals surface area contributed by atoms with Crippen LogP contribution >= 0.6 is 0 Å². The van der Waals surface area contributed by atoms with Gasteiger partial charge in [-0.3, -0.25) is 9.69 Å². The molecule has 2 aliphatic carbocycles. The molecule has 122 valence electrons. The molecule has 2 fully saturated rings. The van der Waals surface area contributed by atoms with Crippen molar-refractivity contribution in [2.75, 3.05) is 19.7 Å². The van der Waals surface area contributed by atoms with Crippen molar-refractivity contribution in [1.82, 2.24) is 10.2 Å². The van der Waals surface area contributed by atoms with Crippen molar-refractivity contribution in [3.05, 3.63) is 0 Å². The predicted molar refractivity (Wildman–Crippen MR) is 82.4 cm³/mol. The Balaban J connectivity index is 1.66. The van der Waals surface area contributed by atoms with E-state index in [1.165, 1.54) is 12.8 Å². The van der Waals surface area contributed by atoms with Crippen molar-refractivity contribution in [3.8, 4) is 0 Å². The number of carbonyl (C=O) groups is 1. The lowest BCUT2D eigenvalue weighted by atomic mass is 9.84. The predicted octanol–water partition coefficient (Wildman–Crippen LogP) is 1.72. The molecule has 2 saturated carbocycles. The van der Waals surface area contributed by atoms with E-state index in [2.05, 4.69) is 17.1 Å². The van der Waals surface area contributed by atoms with Crippen molar-refractivity contribution in [1.29, 1.82) is 0 Å². The second-order valence-electron chi connectivity index (χ2n) is 7.04. The zero-order valence-corrected chi connectivity index (χ0v) is 13.5. The molecular weight excluding hydrogens is 268 g/mol. The third-order valence-electron chi connectivity index (χ3n) is 4.36. The number of hydrogen-bond donors (Lipinski definition) is 2. The molecular formula is C16H30N2O3. The molecule has 1 atom stereocenters. The van der Waals surface area contributed by atoms with Gasteiger partial charge in [-0.2, -0.15) is 0 Å². The fourth-order valence-corrected chi connectivity index (χ4v) is 2.96. The van der Waals surface area contributed by atoms with Crippen molar-refractivity contribution in [2.24, 2.45) is 5.92 Å². The van der Waals surface area contributed by atoms with Crippen LogP contribution in [0, 0.1) is 5.92 Å². The minimum atomic E-state index is -0.703. The number of nitrogens with one attached hydrogen (secondary N) is 1. The molecule has 0 spiro atoms. The van der Waals surface area contributed by atoms with Gasteiger partial charge in [0.1, 0.15) is 0 Å². The van der Waals surface area contributed by atoms with Crippen molar-refractivity contribution in [3.63, 3.8) is 0 Å². The number of ether oxygens (including phenoxy) is 1. The minimum Gasteiger partial charge on any atom is -0.480 e. The Bertz CT molecular complexity index is 338. The van der Waals surface area contributed by atoms with E-state index in [0.717, 1.165) is 31.9 Å². The monoisotopic (exact) mass is 298 g/mol. The number of rotatable bonds is 10. The first-order valence-corrected chi connectivity index (χ1v) is 8.27. The van der Waals surface area contributed by atoms with Gasteiger partial charge in [0.25, 0.3) is 0 Å². The topological polar surface area (TPSA) is 61.8 Å². The normalized spacial score (nSPS) is 26.9. The van der Waals surface area contributed by atoms with Gasteiger partial charge in [-0.05, 0) is 52.4 Å². The first kappa shape index (κ1) is 16.7. The maximum absolute atomic E-state index is 11.0. The highest BCUT2D eigenvalue weighted by atomic mass is 16.5. The van der Waals surface area contributed by atoms with E-state index in [4.69, 9.17) is 9.84 Å². The highest BCUT2D eigenvalue weighted by Crippen LogP contribution is 2.33. The summed E-state index contributed by atoms with van der Waals surface area (Å²) in [7, 11) is 0. The molecule has 0 bridgehead atoms. The SMILES string of the molecule is CC(COC(C)C)NC1CC(N(CC(=O)O)CC2CC2)C1. The van der Waals surface area contributed by atoms with Crippen LogP contribution in [0.3, 0.4) is 0 Å². The molecule has 0 aromatic heterocycles. The fraction of sp³-hybridized carbons (Fsp3) is 0.938. The lowest BCUT2D eigenvalue weighted by molar-refractivity contribution is -0.139. The van der Waals surface area contributed by atoms with Gasteiger partial charge in [-0.25, -0.2) is 0 Å². The molecule has 2 aliphatic rings. The van der Waals surface area contributed by atoms with Crippen LogP contribution in [0.2, 0.25) is 0 Å². The van der Waals surface area contributed by atoms with E-state index >= 15 is 0 Å². The van der Waals surface area contributed by atoms with Crippen LogP contribution in [0.5, 0.6) is 0 Å². The highest BCUT2D eigenvalue weighted by molar-refractivity contribution is 5.69. The number of carboxylic acid groups (broad SMARTS) is 1. The number of hydrogen-bond acceptors (Lipinski definition) is 4. The van der Waals surface area contributed by atoms with E-state index in [1.54, 1.807) is 0 Å². The number of nitrogens with zero attached hydrogens (tertiary/aromatic N) is 1. The van der Waals surface area contributed by atoms with E-state index in [1.807, 2.05) is 13.8 Å². The Morgan fingerprint density at radius 1 is 1.33 bits per heavy atom. The second-order valence-corrected chi connectivity index (χ2v) is 7.04. The first-order chi connectivity index (χ1) is 9.94. The molecule has 5 heteroatoms. The third kappa shape index (κ3) is 5.93. The minimum absolute atomic E-state index is 0.194. The van der Waals surface area contributed by atoms with Gasteiger partial charge in [-0.1, -0.05) is 0 Å². The molecule has 0 aromatic rings. The van der Waals surface area contributed by atoms with Crippen molar-refractivity contribution >= 4 is 5.97 Å². The summed E-state index contributed by atoms with van der Waals surface area (Å²) in [5, 5.41) is 12.6. The summed E-state index contributed by atoms with van der Waals surface area (Å²) in [5.74, 6) is 0.0421. The van der Waals surface area contributed by atoms with E-state index < -0.39 is 5.97 Å². The smallest absolute Gasteiger partial charge is 0.317 e. The Labute approximate surface area is 128 Å². The van der Waals surface area contributed by atoms with Crippen LogP contribution in [-0.2, 0) is 9.53 Å². The van der Waals surface area contributed by atoms with Crippen LogP contribution in [0.25, 0.3) is 0 Å². The van der Waals surface area contributed by atoms with Crippen LogP contribution in [0.4, 0.5) is 0 Å². The molecule has 0 amide bonds. The average molecular weight is 298 g/mol. The molecule has 5 nitrogen and oxygen atoms in total. The lowest BCUT2D eigenvalue weighted by Gasteiger charge is -2.44. The Kier molecular flexibility index (Phi) is 6.02. The Morgan fingerprint density at radius 3 is 2.52 bits per heavy atom. The first-order valence-electron chi connectivity index (χ1n) is 8.27.